The lowest BCUT2D eigenvalue weighted by Crippen LogP contribution is -2.51. The molecule has 1 atom stereocenters. The molecule has 0 saturated carbocycles. The molecule has 0 fully saturated rings. The Hall–Kier alpha value is -2.45. The summed E-state index contributed by atoms with van der Waals surface area (Å²) in [5.41, 5.74) is -2.13. The molecule has 1 aromatic rings. The lowest BCUT2D eigenvalue weighted by molar-refractivity contribution is -0.137. The largest absolute Gasteiger partial charge is 0.489 e. The summed E-state index contributed by atoms with van der Waals surface area (Å²) >= 11 is 0. The van der Waals surface area contributed by atoms with Crippen LogP contribution in [0.25, 0.3) is 0 Å². The summed E-state index contributed by atoms with van der Waals surface area (Å²) in [6, 6.07) is 2.31. The Labute approximate surface area is 149 Å². The maximum atomic E-state index is 13.3. The first-order chi connectivity index (χ1) is 11.8. The van der Waals surface area contributed by atoms with Gasteiger partial charge >= 0.3 is 12.3 Å². The number of nitrogens with zero attached hydrogens (tertiary/aromatic N) is 2. The first kappa shape index (κ1) is 19.9. The standard InChI is InChI=1S/C17H21F3N2O4/c1-16(2,3)26-15(24)21(4)11-9-25-12-8-6-7-10(17(18,19)20)13(12)22(5)14(11)23/h6-8,11H,9H2,1-5H3/t11-/m0/s1. The maximum absolute atomic E-state index is 13.3. The van der Waals surface area contributed by atoms with E-state index in [0.29, 0.717) is 0 Å². The molecule has 2 amide bonds. The summed E-state index contributed by atoms with van der Waals surface area (Å²) in [7, 11) is 2.56. The van der Waals surface area contributed by atoms with Crippen LogP contribution in [0.3, 0.4) is 0 Å². The van der Waals surface area contributed by atoms with Crippen LogP contribution in [0.5, 0.6) is 5.75 Å². The second-order valence-electron chi connectivity index (χ2n) is 6.97. The number of benzene rings is 1. The van der Waals surface area contributed by atoms with Gasteiger partial charge in [0, 0.05) is 14.1 Å². The van der Waals surface area contributed by atoms with Gasteiger partial charge in [-0.05, 0) is 32.9 Å². The van der Waals surface area contributed by atoms with E-state index in [9.17, 15) is 22.8 Å². The van der Waals surface area contributed by atoms with Crippen LogP contribution in [0.1, 0.15) is 26.3 Å². The number of halogens is 3. The summed E-state index contributed by atoms with van der Waals surface area (Å²) in [5, 5.41) is 0. The molecule has 1 aromatic carbocycles. The second kappa shape index (κ2) is 6.69. The van der Waals surface area contributed by atoms with Crippen molar-refractivity contribution in [1.29, 1.82) is 0 Å². The van der Waals surface area contributed by atoms with Crippen LogP contribution < -0.4 is 9.64 Å². The third-order valence-electron chi connectivity index (χ3n) is 3.80. The number of para-hydroxylation sites is 1. The van der Waals surface area contributed by atoms with Crippen molar-refractivity contribution in [2.24, 2.45) is 0 Å². The zero-order chi connectivity index (χ0) is 19.9. The SMILES string of the molecule is CN1C(=O)[C@@H](N(C)C(=O)OC(C)(C)C)COc2cccc(C(F)(F)F)c21. The molecule has 9 heteroatoms. The molecule has 26 heavy (non-hydrogen) atoms. The fourth-order valence-corrected chi connectivity index (χ4v) is 2.53. The minimum Gasteiger partial charge on any atom is -0.489 e. The van der Waals surface area contributed by atoms with Crippen molar-refractivity contribution in [3.05, 3.63) is 23.8 Å². The van der Waals surface area contributed by atoms with E-state index < -0.39 is 35.4 Å². The second-order valence-corrected chi connectivity index (χ2v) is 6.97. The quantitative estimate of drug-likeness (QED) is 0.757. The number of amides is 2. The van der Waals surface area contributed by atoms with Crippen molar-refractivity contribution < 1.29 is 32.2 Å². The molecular weight excluding hydrogens is 353 g/mol. The Kier molecular flexibility index (Phi) is 5.12. The van der Waals surface area contributed by atoms with E-state index in [-0.39, 0.29) is 18.0 Å². The van der Waals surface area contributed by atoms with Crippen molar-refractivity contribution in [1.82, 2.24) is 4.90 Å². The van der Waals surface area contributed by atoms with Crippen molar-refractivity contribution >= 4 is 17.7 Å². The molecule has 0 radical (unpaired) electrons. The highest BCUT2D eigenvalue weighted by molar-refractivity contribution is 6.01. The Morgan fingerprint density at radius 1 is 1.31 bits per heavy atom. The van der Waals surface area contributed by atoms with Crippen LogP contribution in [0.2, 0.25) is 0 Å². The highest BCUT2D eigenvalue weighted by Crippen LogP contribution is 2.43. The molecular formula is C17H21F3N2O4. The Morgan fingerprint density at radius 2 is 1.92 bits per heavy atom. The number of rotatable bonds is 1. The molecule has 1 aliphatic rings. The molecule has 0 spiro atoms. The topological polar surface area (TPSA) is 59.1 Å². The third kappa shape index (κ3) is 4.03. The summed E-state index contributed by atoms with van der Waals surface area (Å²) in [6.45, 7) is 4.72. The fraction of sp³-hybridized carbons (Fsp3) is 0.529. The van der Waals surface area contributed by atoms with E-state index >= 15 is 0 Å². The Bertz CT molecular complexity index is 713. The van der Waals surface area contributed by atoms with Gasteiger partial charge in [0.25, 0.3) is 5.91 Å². The number of ether oxygens (including phenoxy) is 2. The van der Waals surface area contributed by atoms with Crippen molar-refractivity contribution in [3.8, 4) is 5.75 Å². The zero-order valence-electron chi connectivity index (χ0n) is 15.2. The van der Waals surface area contributed by atoms with Crippen molar-refractivity contribution in [3.63, 3.8) is 0 Å². The molecule has 144 valence electrons. The zero-order valence-corrected chi connectivity index (χ0v) is 15.2. The molecule has 0 bridgehead atoms. The van der Waals surface area contributed by atoms with E-state index in [2.05, 4.69) is 0 Å². The Morgan fingerprint density at radius 3 is 2.46 bits per heavy atom. The van der Waals surface area contributed by atoms with Gasteiger partial charge in [0.2, 0.25) is 0 Å². The number of anilines is 1. The molecule has 0 saturated heterocycles. The average Bonchev–Trinajstić information content (AvgIpc) is 2.62. The molecule has 1 heterocycles. The molecule has 0 aromatic heterocycles. The van der Waals surface area contributed by atoms with E-state index in [1.807, 2.05) is 0 Å². The maximum Gasteiger partial charge on any atom is 0.418 e. The normalized spacial score (nSPS) is 17.9. The molecule has 0 N–H and O–H groups in total. The van der Waals surface area contributed by atoms with Gasteiger partial charge in [-0.2, -0.15) is 13.2 Å². The highest BCUT2D eigenvalue weighted by atomic mass is 19.4. The fourth-order valence-electron chi connectivity index (χ4n) is 2.53. The first-order valence-electron chi connectivity index (χ1n) is 7.89. The predicted octanol–water partition coefficient (Wildman–Crippen LogP) is 3.30. The minimum absolute atomic E-state index is 0.0734. The number of alkyl halides is 3. The van der Waals surface area contributed by atoms with Crippen LogP contribution >= 0.6 is 0 Å². The molecule has 0 aliphatic carbocycles. The lowest BCUT2D eigenvalue weighted by atomic mass is 10.1. The van der Waals surface area contributed by atoms with E-state index in [0.717, 1.165) is 15.9 Å². The lowest BCUT2D eigenvalue weighted by Gasteiger charge is -2.30. The molecule has 0 unspecified atom stereocenters. The number of fused-ring (bicyclic) bond motifs is 1. The highest BCUT2D eigenvalue weighted by Gasteiger charge is 2.41. The van der Waals surface area contributed by atoms with Crippen LogP contribution in [-0.4, -0.2) is 49.2 Å². The average molecular weight is 374 g/mol. The van der Waals surface area contributed by atoms with Crippen LogP contribution in [-0.2, 0) is 15.7 Å². The molecule has 1 aliphatic heterocycles. The number of likely N-dealkylation sites (N-methyl/N-ethyl adjacent to an activating group) is 2. The summed E-state index contributed by atoms with van der Waals surface area (Å²) < 4.78 is 50.5. The smallest absolute Gasteiger partial charge is 0.418 e. The summed E-state index contributed by atoms with van der Waals surface area (Å²) in [6.07, 6.45) is -5.42. The van der Waals surface area contributed by atoms with Gasteiger partial charge in [-0.25, -0.2) is 4.79 Å². The van der Waals surface area contributed by atoms with Gasteiger partial charge in [0.15, 0.2) is 0 Å². The van der Waals surface area contributed by atoms with E-state index in [1.165, 1.54) is 26.2 Å². The summed E-state index contributed by atoms with van der Waals surface area (Å²) in [5.74, 6) is -0.774. The molecule has 2 rings (SSSR count). The number of carbonyl (C=O) groups is 2. The number of hydrogen-bond donors (Lipinski definition) is 0. The van der Waals surface area contributed by atoms with Gasteiger partial charge in [0.05, 0.1) is 11.3 Å². The van der Waals surface area contributed by atoms with Crippen LogP contribution in [0, 0.1) is 0 Å². The summed E-state index contributed by atoms with van der Waals surface area (Å²) in [4.78, 5) is 26.8. The van der Waals surface area contributed by atoms with Gasteiger partial charge in [0.1, 0.15) is 24.0 Å². The number of hydrogen-bond acceptors (Lipinski definition) is 4. The minimum atomic E-state index is -4.65. The molecule has 6 nitrogen and oxygen atoms in total. The number of carbonyl (C=O) groups excluding carboxylic acids is 2. The van der Waals surface area contributed by atoms with Crippen molar-refractivity contribution in [2.75, 3.05) is 25.6 Å². The van der Waals surface area contributed by atoms with Gasteiger partial charge in [-0.1, -0.05) is 6.07 Å². The predicted molar refractivity (Wildman–Crippen MR) is 88.1 cm³/mol. The monoisotopic (exact) mass is 374 g/mol. The van der Waals surface area contributed by atoms with Crippen LogP contribution in [0.4, 0.5) is 23.7 Å². The van der Waals surface area contributed by atoms with Crippen molar-refractivity contribution in [2.45, 2.75) is 38.6 Å². The van der Waals surface area contributed by atoms with E-state index in [4.69, 9.17) is 9.47 Å². The van der Waals surface area contributed by atoms with E-state index in [1.54, 1.807) is 20.8 Å². The first-order valence-corrected chi connectivity index (χ1v) is 7.89. The van der Waals surface area contributed by atoms with Gasteiger partial charge < -0.3 is 14.4 Å². The third-order valence-corrected chi connectivity index (χ3v) is 3.80. The Balaban J connectivity index is 2.36. The van der Waals surface area contributed by atoms with Gasteiger partial charge in [-0.15, -0.1) is 0 Å². The van der Waals surface area contributed by atoms with Gasteiger partial charge in [-0.3, -0.25) is 9.69 Å². The van der Waals surface area contributed by atoms with Crippen LogP contribution in [0.15, 0.2) is 18.2 Å².